The van der Waals surface area contributed by atoms with Gasteiger partial charge in [0.1, 0.15) is 12.6 Å². The van der Waals surface area contributed by atoms with Crippen LogP contribution >= 0.6 is 23.2 Å². The van der Waals surface area contributed by atoms with Crippen molar-refractivity contribution in [3.05, 3.63) is 63.6 Å². The Morgan fingerprint density at radius 2 is 1.66 bits per heavy atom. The third-order valence-corrected chi connectivity index (χ3v) is 7.01. The van der Waals surface area contributed by atoms with E-state index < -0.39 is 46.2 Å². The molecule has 0 fully saturated rings. The summed E-state index contributed by atoms with van der Waals surface area (Å²) < 4.78 is 65.2. The number of alkyl halides is 3. The number of likely N-dealkylation sites (N-methyl/N-ethyl adjacent to an activating group) is 1. The number of amides is 2. The molecule has 0 unspecified atom stereocenters. The average Bonchev–Trinajstić information content (AvgIpc) is 2.77. The van der Waals surface area contributed by atoms with Gasteiger partial charge in [-0.1, -0.05) is 42.3 Å². The van der Waals surface area contributed by atoms with E-state index in [1.54, 1.807) is 13.0 Å². The quantitative estimate of drug-likeness (QED) is 0.500. The van der Waals surface area contributed by atoms with Gasteiger partial charge >= 0.3 is 6.18 Å². The number of benzene rings is 2. The van der Waals surface area contributed by atoms with Crippen molar-refractivity contribution in [3.8, 4) is 0 Å². The van der Waals surface area contributed by atoms with Gasteiger partial charge in [-0.15, -0.1) is 0 Å². The lowest BCUT2D eigenvalue weighted by Crippen LogP contribution is -2.51. The van der Waals surface area contributed by atoms with E-state index in [9.17, 15) is 31.2 Å². The SMILES string of the molecule is CC[C@@H](C(=O)NC)N(Cc1c(Cl)cccc1Cl)C(=O)CN(c1cccc(C(F)(F)F)c1)S(C)(=O)=O. The van der Waals surface area contributed by atoms with E-state index in [0.717, 1.165) is 29.4 Å². The number of carbonyl (C=O) groups excluding carboxylic acids is 2. The van der Waals surface area contributed by atoms with Crippen molar-refractivity contribution in [3.63, 3.8) is 0 Å². The van der Waals surface area contributed by atoms with Crippen molar-refractivity contribution in [2.24, 2.45) is 0 Å². The predicted octanol–water partition coefficient (Wildman–Crippen LogP) is 4.33. The van der Waals surface area contributed by atoms with Gasteiger partial charge in [-0.2, -0.15) is 13.2 Å². The number of halogens is 5. The van der Waals surface area contributed by atoms with Crippen LogP contribution in [0, 0.1) is 0 Å². The van der Waals surface area contributed by atoms with Gasteiger partial charge < -0.3 is 10.2 Å². The first-order valence-electron chi connectivity index (χ1n) is 10.3. The number of anilines is 1. The highest BCUT2D eigenvalue weighted by Crippen LogP contribution is 2.32. The van der Waals surface area contributed by atoms with Crippen LogP contribution in [0.4, 0.5) is 18.9 Å². The van der Waals surface area contributed by atoms with Crippen LogP contribution < -0.4 is 9.62 Å². The minimum atomic E-state index is -4.72. The fraction of sp³-hybridized carbons (Fsp3) is 0.364. The van der Waals surface area contributed by atoms with Crippen LogP contribution in [0.25, 0.3) is 0 Å². The Kier molecular flexibility index (Phi) is 9.43. The fourth-order valence-corrected chi connectivity index (χ4v) is 4.75. The van der Waals surface area contributed by atoms with Gasteiger partial charge in [0.15, 0.2) is 0 Å². The molecule has 0 aliphatic carbocycles. The van der Waals surface area contributed by atoms with Gasteiger partial charge in [0.25, 0.3) is 0 Å². The molecular formula is C22H24Cl2F3N3O4S. The van der Waals surface area contributed by atoms with Gasteiger partial charge in [0.05, 0.1) is 17.5 Å². The highest BCUT2D eigenvalue weighted by Gasteiger charge is 2.34. The van der Waals surface area contributed by atoms with Crippen molar-refractivity contribution in [1.82, 2.24) is 10.2 Å². The van der Waals surface area contributed by atoms with E-state index in [2.05, 4.69) is 5.32 Å². The summed E-state index contributed by atoms with van der Waals surface area (Å²) in [6, 6.07) is 7.26. The second-order valence-electron chi connectivity index (χ2n) is 7.58. The number of hydrogen-bond acceptors (Lipinski definition) is 4. The van der Waals surface area contributed by atoms with Gasteiger partial charge in [0.2, 0.25) is 21.8 Å². The first kappa shape index (κ1) is 28.7. The Morgan fingerprint density at radius 1 is 1.09 bits per heavy atom. The first-order chi connectivity index (χ1) is 16.2. The topological polar surface area (TPSA) is 86.8 Å². The molecule has 7 nitrogen and oxygen atoms in total. The number of nitrogens with zero attached hydrogens (tertiary/aromatic N) is 2. The Hall–Kier alpha value is -2.50. The predicted molar refractivity (Wildman–Crippen MR) is 129 cm³/mol. The molecule has 192 valence electrons. The first-order valence-corrected chi connectivity index (χ1v) is 12.9. The second-order valence-corrected chi connectivity index (χ2v) is 10.3. The van der Waals surface area contributed by atoms with E-state index in [4.69, 9.17) is 23.2 Å². The number of nitrogens with one attached hydrogen (secondary N) is 1. The maximum absolute atomic E-state index is 13.4. The summed E-state index contributed by atoms with van der Waals surface area (Å²) in [6.07, 6.45) is -3.79. The van der Waals surface area contributed by atoms with E-state index >= 15 is 0 Å². The molecule has 0 aromatic heterocycles. The molecule has 0 bridgehead atoms. The van der Waals surface area contributed by atoms with E-state index in [-0.39, 0.29) is 28.7 Å². The minimum Gasteiger partial charge on any atom is -0.357 e. The van der Waals surface area contributed by atoms with Crippen LogP contribution in [-0.2, 0) is 32.3 Å². The second kappa shape index (κ2) is 11.5. The molecule has 2 rings (SSSR count). The van der Waals surface area contributed by atoms with Crippen molar-refractivity contribution in [2.45, 2.75) is 32.1 Å². The zero-order valence-electron chi connectivity index (χ0n) is 19.1. The molecule has 1 atom stereocenters. The molecule has 35 heavy (non-hydrogen) atoms. The van der Waals surface area contributed by atoms with Crippen LogP contribution in [0.1, 0.15) is 24.5 Å². The van der Waals surface area contributed by atoms with Crippen LogP contribution in [0.3, 0.4) is 0 Å². The fourth-order valence-electron chi connectivity index (χ4n) is 3.39. The van der Waals surface area contributed by atoms with Gasteiger partial charge in [-0.05, 0) is 36.8 Å². The molecule has 2 amide bonds. The number of sulfonamides is 1. The Morgan fingerprint density at radius 3 is 2.14 bits per heavy atom. The van der Waals surface area contributed by atoms with Crippen LogP contribution in [0.5, 0.6) is 0 Å². The number of hydrogen-bond donors (Lipinski definition) is 1. The summed E-state index contributed by atoms with van der Waals surface area (Å²) in [7, 11) is -2.81. The molecule has 0 saturated heterocycles. The lowest BCUT2D eigenvalue weighted by atomic mass is 10.1. The van der Waals surface area contributed by atoms with E-state index in [0.29, 0.717) is 15.9 Å². The molecule has 0 spiro atoms. The standard InChI is InChI=1S/C22H24Cl2F3N3O4S/c1-4-19(21(32)28-2)29(12-16-17(23)9-6-10-18(16)24)20(31)13-30(35(3,33)34)15-8-5-7-14(11-15)22(25,26)27/h5-11,19H,4,12-13H2,1-3H3,(H,28,32)/t19-/m0/s1. The highest BCUT2D eigenvalue weighted by molar-refractivity contribution is 7.92. The Labute approximate surface area is 211 Å². The third-order valence-electron chi connectivity index (χ3n) is 5.16. The highest BCUT2D eigenvalue weighted by atomic mass is 35.5. The molecule has 0 saturated carbocycles. The average molecular weight is 554 g/mol. The number of carbonyl (C=O) groups is 2. The van der Waals surface area contributed by atoms with Crippen molar-refractivity contribution in [2.75, 3.05) is 24.2 Å². The van der Waals surface area contributed by atoms with Gasteiger partial charge in [0, 0.05) is 29.2 Å². The van der Waals surface area contributed by atoms with Gasteiger partial charge in [-0.3, -0.25) is 13.9 Å². The van der Waals surface area contributed by atoms with Gasteiger partial charge in [-0.25, -0.2) is 8.42 Å². The van der Waals surface area contributed by atoms with E-state index in [1.807, 2.05) is 0 Å². The molecule has 0 radical (unpaired) electrons. The van der Waals surface area contributed by atoms with E-state index in [1.165, 1.54) is 19.2 Å². The Bertz CT molecular complexity index is 1170. The number of rotatable bonds is 9. The summed E-state index contributed by atoms with van der Waals surface area (Å²) in [6.45, 7) is 0.564. The molecule has 13 heteroatoms. The monoisotopic (exact) mass is 553 g/mol. The molecule has 1 N–H and O–H groups in total. The summed E-state index contributed by atoms with van der Waals surface area (Å²) in [4.78, 5) is 27.1. The Balaban J connectivity index is 2.53. The zero-order valence-corrected chi connectivity index (χ0v) is 21.4. The van der Waals surface area contributed by atoms with Crippen LogP contribution in [-0.4, -0.2) is 51.0 Å². The van der Waals surface area contributed by atoms with Crippen LogP contribution in [0.2, 0.25) is 10.0 Å². The zero-order chi connectivity index (χ0) is 26.6. The minimum absolute atomic E-state index is 0.163. The summed E-state index contributed by atoms with van der Waals surface area (Å²) in [5, 5.41) is 2.89. The molecular weight excluding hydrogens is 530 g/mol. The van der Waals surface area contributed by atoms with Crippen molar-refractivity contribution in [1.29, 1.82) is 0 Å². The molecule has 0 aliphatic heterocycles. The molecule has 2 aromatic carbocycles. The van der Waals surface area contributed by atoms with Crippen molar-refractivity contribution >= 4 is 50.7 Å². The largest absolute Gasteiger partial charge is 0.416 e. The lowest BCUT2D eigenvalue weighted by molar-refractivity contribution is -0.140. The van der Waals surface area contributed by atoms with Crippen molar-refractivity contribution < 1.29 is 31.2 Å². The maximum atomic E-state index is 13.4. The lowest BCUT2D eigenvalue weighted by Gasteiger charge is -2.33. The molecule has 0 heterocycles. The third kappa shape index (κ3) is 7.25. The smallest absolute Gasteiger partial charge is 0.357 e. The summed E-state index contributed by atoms with van der Waals surface area (Å²) >= 11 is 12.5. The normalized spacial score (nSPS) is 12.7. The van der Waals surface area contributed by atoms with Crippen LogP contribution in [0.15, 0.2) is 42.5 Å². The molecule has 2 aromatic rings. The summed E-state index contributed by atoms with van der Waals surface area (Å²) in [5.74, 6) is -1.35. The molecule has 0 aliphatic rings. The maximum Gasteiger partial charge on any atom is 0.416 e. The summed E-state index contributed by atoms with van der Waals surface area (Å²) in [5.41, 5.74) is -1.09.